The number of rotatable bonds is 7. The summed E-state index contributed by atoms with van der Waals surface area (Å²) in [5, 5.41) is 3.79. The van der Waals surface area contributed by atoms with E-state index in [1.165, 1.54) is 38.5 Å². The maximum absolute atomic E-state index is 5.84. The van der Waals surface area contributed by atoms with Crippen molar-refractivity contribution in [3.8, 4) is 0 Å². The van der Waals surface area contributed by atoms with Crippen LogP contribution in [0.5, 0.6) is 0 Å². The number of hydrogen-bond donors (Lipinski definition) is 2. The molecule has 0 amide bonds. The zero-order chi connectivity index (χ0) is 12.7. The summed E-state index contributed by atoms with van der Waals surface area (Å²) >= 11 is 0. The molecule has 0 spiro atoms. The minimum absolute atomic E-state index is 0.632. The van der Waals surface area contributed by atoms with Gasteiger partial charge in [0.15, 0.2) is 0 Å². The lowest BCUT2D eigenvalue weighted by atomic mass is 9.82. The van der Waals surface area contributed by atoms with Crippen LogP contribution in [0.2, 0.25) is 0 Å². The van der Waals surface area contributed by atoms with Gasteiger partial charge in [0.05, 0.1) is 0 Å². The van der Waals surface area contributed by atoms with Crippen LogP contribution in [0.3, 0.4) is 0 Å². The largest absolute Gasteiger partial charge is 0.330 e. The van der Waals surface area contributed by atoms with Crippen LogP contribution in [0.15, 0.2) is 0 Å². The van der Waals surface area contributed by atoms with Crippen LogP contribution in [0.1, 0.15) is 59.3 Å². The lowest BCUT2D eigenvalue weighted by molar-refractivity contribution is 0.244. The predicted octanol–water partition coefficient (Wildman–Crippen LogP) is 3.17. The van der Waals surface area contributed by atoms with Gasteiger partial charge in [-0.05, 0) is 50.1 Å². The molecule has 102 valence electrons. The molecule has 3 N–H and O–H groups in total. The van der Waals surface area contributed by atoms with Gasteiger partial charge in [-0.2, -0.15) is 0 Å². The van der Waals surface area contributed by atoms with E-state index < -0.39 is 0 Å². The van der Waals surface area contributed by atoms with Crippen molar-refractivity contribution in [3.63, 3.8) is 0 Å². The van der Waals surface area contributed by atoms with Crippen LogP contribution in [0.25, 0.3) is 0 Å². The van der Waals surface area contributed by atoms with Crippen LogP contribution in [-0.4, -0.2) is 19.1 Å². The van der Waals surface area contributed by atoms with E-state index in [-0.39, 0.29) is 0 Å². The highest BCUT2D eigenvalue weighted by Crippen LogP contribution is 2.27. The van der Waals surface area contributed by atoms with E-state index in [2.05, 4.69) is 26.1 Å². The zero-order valence-corrected chi connectivity index (χ0v) is 12.0. The van der Waals surface area contributed by atoms with E-state index in [0.29, 0.717) is 11.8 Å². The van der Waals surface area contributed by atoms with Gasteiger partial charge in [-0.1, -0.05) is 40.0 Å². The van der Waals surface area contributed by atoms with E-state index in [1.807, 2.05) is 0 Å². The van der Waals surface area contributed by atoms with E-state index in [9.17, 15) is 0 Å². The van der Waals surface area contributed by atoms with E-state index >= 15 is 0 Å². The highest BCUT2D eigenvalue weighted by Gasteiger charge is 2.23. The fourth-order valence-electron chi connectivity index (χ4n) is 3.07. The Morgan fingerprint density at radius 2 is 1.82 bits per heavy atom. The average Bonchev–Trinajstić information content (AvgIpc) is 2.35. The summed E-state index contributed by atoms with van der Waals surface area (Å²) in [5.74, 6) is 2.24. The first-order chi connectivity index (χ1) is 8.19. The summed E-state index contributed by atoms with van der Waals surface area (Å²) in [7, 11) is 0. The molecule has 0 aromatic heterocycles. The first kappa shape index (κ1) is 15.0. The SMILES string of the molecule is CCC(NCC(CN)C(C)C)C1CCCCC1. The predicted molar refractivity (Wildman–Crippen MR) is 76.0 cm³/mol. The van der Waals surface area contributed by atoms with Crippen molar-refractivity contribution in [1.82, 2.24) is 5.32 Å². The number of nitrogens with two attached hydrogens (primary N) is 1. The minimum atomic E-state index is 0.632. The Morgan fingerprint density at radius 1 is 1.18 bits per heavy atom. The Hall–Kier alpha value is -0.0800. The maximum Gasteiger partial charge on any atom is 0.00928 e. The van der Waals surface area contributed by atoms with Gasteiger partial charge in [-0.25, -0.2) is 0 Å². The molecule has 0 saturated heterocycles. The van der Waals surface area contributed by atoms with Crippen molar-refractivity contribution >= 4 is 0 Å². The fraction of sp³-hybridized carbons (Fsp3) is 1.00. The van der Waals surface area contributed by atoms with Crippen LogP contribution < -0.4 is 11.1 Å². The second-order valence-corrected chi connectivity index (χ2v) is 6.06. The molecule has 1 aliphatic rings. The summed E-state index contributed by atoms with van der Waals surface area (Å²) in [5.41, 5.74) is 5.84. The molecule has 2 nitrogen and oxygen atoms in total. The molecule has 2 unspecified atom stereocenters. The molecule has 1 rings (SSSR count). The van der Waals surface area contributed by atoms with Crippen LogP contribution in [-0.2, 0) is 0 Å². The highest BCUT2D eigenvalue weighted by molar-refractivity contribution is 4.80. The smallest absolute Gasteiger partial charge is 0.00928 e. The van der Waals surface area contributed by atoms with Gasteiger partial charge in [0.25, 0.3) is 0 Å². The Bertz CT molecular complexity index is 185. The first-order valence-electron chi connectivity index (χ1n) is 7.62. The van der Waals surface area contributed by atoms with Gasteiger partial charge < -0.3 is 11.1 Å². The second-order valence-electron chi connectivity index (χ2n) is 6.06. The third kappa shape index (κ3) is 4.97. The van der Waals surface area contributed by atoms with E-state index in [4.69, 9.17) is 5.73 Å². The van der Waals surface area contributed by atoms with Gasteiger partial charge in [-0.15, -0.1) is 0 Å². The Kier molecular flexibility index (Phi) is 7.14. The molecular weight excluding hydrogens is 208 g/mol. The third-order valence-corrected chi connectivity index (χ3v) is 4.55. The molecule has 0 heterocycles. The Morgan fingerprint density at radius 3 is 2.29 bits per heavy atom. The van der Waals surface area contributed by atoms with Gasteiger partial charge in [0.1, 0.15) is 0 Å². The van der Waals surface area contributed by atoms with E-state index in [0.717, 1.165) is 25.0 Å². The average molecular weight is 240 g/mol. The standard InChI is InChI=1S/C15H32N2/c1-4-15(13-8-6-5-7-9-13)17-11-14(10-16)12(2)3/h12-15,17H,4-11,16H2,1-3H3. The van der Waals surface area contributed by atoms with Gasteiger partial charge in [0.2, 0.25) is 0 Å². The summed E-state index contributed by atoms with van der Waals surface area (Å²) in [6.07, 6.45) is 8.45. The summed E-state index contributed by atoms with van der Waals surface area (Å²) in [6.45, 7) is 8.79. The summed E-state index contributed by atoms with van der Waals surface area (Å²) < 4.78 is 0. The zero-order valence-electron chi connectivity index (χ0n) is 12.0. The normalized spacial score (nSPS) is 21.7. The fourth-order valence-corrected chi connectivity index (χ4v) is 3.07. The molecule has 2 atom stereocenters. The van der Waals surface area contributed by atoms with Crippen LogP contribution in [0.4, 0.5) is 0 Å². The Labute approximate surface area is 108 Å². The number of nitrogens with one attached hydrogen (secondary N) is 1. The molecule has 17 heavy (non-hydrogen) atoms. The molecule has 2 heteroatoms. The van der Waals surface area contributed by atoms with Crippen molar-refractivity contribution in [1.29, 1.82) is 0 Å². The van der Waals surface area contributed by atoms with Crippen molar-refractivity contribution in [2.24, 2.45) is 23.5 Å². The molecule has 0 aromatic rings. The molecule has 1 saturated carbocycles. The molecular formula is C15H32N2. The second kappa shape index (κ2) is 8.10. The van der Waals surface area contributed by atoms with Crippen LogP contribution in [0, 0.1) is 17.8 Å². The van der Waals surface area contributed by atoms with Crippen molar-refractivity contribution in [2.75, 3.05) is 13.1 Å². The lowest BCUT2D eigenvalue weighted by Crippen LogP contribution is -2.42. The molecule has 1 fully saturated rings. The molecule has 0 aromatic carbocycles. The van der Waals surface area contributed by atoms with Crippen LogP contribution >= 0.6 is 0 Å². The molecule has 0 radical (unpaired) electrons. The summed E-state index contributed by atoms with van der Waals surface area (Å²) in [4.78, 5) is 0. The van der Waals surface area contributed by atoms with Crippen molar-refractivity contribution in [3.05, 3.63) is 0 Å². The minimum Gasteiger partial charge on any atom is -0.330 e. The maximum atomic E-state index is 5.84. The number of hydrogen-bond acceptors (Lipinski definition) is 2. The summed E-state index contributed by atoms with van der Waals surface area (Å²) in [6, 6.07) is 0.725. The molecule has 1 aliphatic carbocycles. The lowest BCUT2D eigenvalue weighted by Gasteiger charge is -2.32. The molecule has 0 aliphatic heterocycles. The highest BCUT2D eigenvalue weighted by atomic mass is 14.9. The van der Waals surface area contributed by atoms with Gasteiger partial charge in [-0.3, -0.25) is 0 Å². The van der Waals surface area contributed by atoms with Gasteiger partial charge in [0, 0.05) is 6.04 Å². The van der Waals surface area contributed by atoms with Crippen molar-refractivity contribution in [2.45, 2.75) is 65.3 Å². The third-order valence-electron chi connectivity index (χ3n) is 4.55. The Balaban J connectivity index is 2.35. The quantitative estimate of drug-likeness (QED) is 0.717. The monoisotopic (exact) mass is 240 g/mol. The molecule has 0 bridgehead atoms. The first-order valence-corrected chi connectivity index (χ1v) is 7.62. The van der Waals surface area contributed by atoms with Crippen molar-refractivity contribution < 1.29 is 0 Å². The van der Waals surface area contributed by atoms with Gasteiger partial charge >= 0.3 is 0 Å². The topological polar surface area (TPSA) is 38.0 Å². The van der Waals surface area contributed by atoms with E-state index in [1.54, 1.807) is 0 Å².